The third kappa shape index (κ3) is 8.12. The molecule has 0 radical (unpaired) electrons. The van der Waals surface area contributed by atoms with E-state index in [1.807, 2.05) is 0 Å². The van der Waals surface area contributed by atoms with Crippen molar-refractivity contribution in [3.63, 3.8) is 0 Å². The summed E-state index contributed by atoms with van der Waals surface area (Å²) in [6.07, 6.45) is 6.42. The first-order chi connectivity index (χ1) is 12.7. The zero-order valence-electron chi connectivity index (χ0n) is 16.7. The molecule has 27 heavy (non-hydrogen) atoms. The first-order valence-electron chi connectivity index (χ1n) is 9.72. The van der Waals surface area contributed by atoms with E-state index in [-0.39, 0.29) is 18.6 Å². The fourth-order valence-corrected chi connectivity index (χ4v) is 3.10. The van der Waals surface area contributed by atoms with Gasteiger partial charge in [-0.15, -0.1) is 0 Å². The Morgan fingerprint density at radius 2 is 1.93 bits per heavy atom. The number of hydrogen-bond donors (Lipinski definition) is 2. The predicted octanol–water partition coefficient (Wildman–Crippen LogP) is 2.83. The van der Waals surface area contributed by atoms with Crippen molar-refractivity contribution in [2.24, 2.45) is 5.92 Å². The summed E-state index contributed by atoms with van der Waals surface area (Å²) < 4.78 is 10.4. The Morgan fingerprint density at radius 3 is 2.48 bits per heavy atom. The molecule has 0 amide bonds. The van der Waals surface area contributed by atoms with Crippen molar-refractivity contribution in [3.8, 4) is 0 Å². The summed E-state index contributed by atoms with van der Waals surface area (Å²) in [6, 6.07) is -0.785. The largest absolute Gasteiger partial charge is 0.481 e. The fraction of sp³-hybridized carbons (Fsp3) is 0.750. The smallest absolute Gasteiger partial charge is 0.333 e. The number of rotatable bonds is 13. The average Bonchev–Trinajstić information content (AvgIpc) is 2.88. The van der Waals surface area contributed by atoms with Crippen molar-refractivity contribution >= 4 is 17.9 Å². The molecule has 0 bridgehead atoms. The van der Waals surface area contributed by atoms with Crippen LogP contribution < -0.4 is 5.32 Å². The van der Waals surface area contributed by atoms with Gasteiger partial charge in [0.2, 0.25) is 0 Å². The molecule has 1 saturated heterocycles. The van der Waals surface area contributed by atoms with E-state index in [0.29, 0.717) is 6.54 Å². The minimum atomic E-state index is -1.15. The summed E-state index contributed by atoms with van der Waals surface area (Å²) in [4.78, 5) is 35.3. The minimum Gasteiger partial charge on any atom is -0.481 e. The highest BCUT2D eigenvalue weighted by Crippen LogP contribution is 2.26. The highest BCUT2D eigenvalue weighted by atomic mass is 16.6. The lowest BCUT2D eigenvalue weighted by Crippen LogP contribution is -2.48. The number of unbranched alkanes of at least 4 members (excludes halogenated alkanes) is 5. The topological polar surface area (TPSA) is 102 Å². The van der Waals surface area contributed by atoms with Crippen molar-refractivity contribution < 1.29 is 29.0 Å². The van der Waals surface area contributed by atoms with Crippen molar-refractivity contribution in [1.29, 1.82) is 0 Å². The van der Waals surface area contributed by atoms with E-state index in [1.165, 1.54) is 19.3 Å². The fourth-order valence-electron chi connectivity index (χ4n) is 3.10. The van der Waals surface area contributed by atoms with Crippen LogP contribution in [0.25, 0.3) is 0 Å². The number of carboxylic acid groups (broad SMARTS) is 1. The SMILES string of the molecule is C=C1C(=O)OCC1C(NCCCCCCCC)C(=O)OC(C)(C)CC(=O)O. The van der Waals surface area contributed by atoms with Gasteiger partial charge in [-0.1, -0.05) is 45.6 Å². The van der Waals surface area contributed by atoms with Crippen LogP contribution in [0, 0.1) is 5.92 Å². The van der Waals surface area contributed by atoms with Gasteiger partial charge in [-0.3, -0.25) is 9.59 Å². The van der Waals surface area contributed by atoms with E-state index in [2.05, 4.69) is 18.8 Å². The summed E-state index contributed by atoms with van der Waals surface area (Å²) in [5, 5.41) is 12.1. The lowest BCUT2D eigenvalue weighted by molar-refractivity contribution is -0.164. The van der Waals surface area contributed by atoms with Gasteiger partial charge < -0.3 is 19.9 Å². The average molecular weight is 383 g/mol. The third-order valence-corrected chi connectivity index (χ3v) is 4.61. The first kappa shape index (κ1) is 23.1. The van der Waals surface area contributed by atoms with E-state index in [9.17, 15) is 14.4 Å². The van der Waals surface area contributed by atoms with Crippen LogP contribution in [0.3, 0.4) is 0 Å². The molecule has 1 rings (SSSR count). The Labute approximate surface area is 161 Å². The maximum atomic E-state index is 12.7. The highest BCUT2D eigenvalue weighted by molar-refractivity contribution is 5.92. The molecule has 0 saturated carbocycles. The Bertz CT molecular complexity index is 543. The first-order valence-corrected chi connectivity index (χ1v) is 9.72. The second-order valence-corrected chi connectivity index (χ2v) is 7.68. The predicted molar refractivity (Wildman–Crippen MR) is 101 cm³/mol. The van der Waals surface area contributed by atoms with E-state index in [4.69, 9.17) is 14.6 Å². The zero-order valence-corrected chi connectivity index (χ0v) is 16.7. The molecule has 2 atom stereocenters. The molecule has 0 aliphatic carbocycles. The van der Waals surface area contributed by atoms with E-state index in [1.54, 1.807) is 13.8 Å². The molecule has 1 aliphatic rings. The molecule has 0 spiro atoms. The molecule has 0 aromatic rings. The summed E-state index contributed by atoms with van der Waals surface area (Å²) >= 11 is 0. The van der Waals surface area contributed by atoms with Crippen molar-refractivity contribution in [2.75, 3.05) is 13.2 Å². The van der Waals surface area contributed by atoms with Gasteiger partial charge in [0.25, 0.3) is 0 Å². The normalized spacial score (nSPS) is 18.3. The molecular formula is C20H33NO6. The molecule has 2 unspecified atom stereocenters. The van der Waals surface area contributed by atoms with Crippen molar-refractivity contribution in [1.82, 2.24) is 5.32 Å². The molecule has 1 heterocycles. The second-order valence-electron chi connectivity index (χ2n) is 7.68. The lowest BCUT2D eigenvalue weighted by Gasteiger charge is -2.28. The monoisotopic (exact) mass is 383 g/mol. The molecule has 0 aromatic heterocycles. The third-order valence-electron chi connectivity index (χ3n) is 4.61. The van der Waals surface area contributed by atoms with Crippen LogP contribution in [0.1, 0.15) is 65.7 Å². The zero-order chi connectivity index (χ0) is 20.4. The molecule has 7 nitrogen and oxygen atoms in total. The Hall–Kier alpha value is -1.89. The summed E-state index contributed by atoms with van der Waals surface area (Å²) in [6.45, 7) is 9.67. The number of hydrogen-bond acceptors (Lipinski definition) is 6. The van der Waals surface area contributed by atoms with Crippen LogP contribution in [0.15, 0.2) is 12.2 Å². The number of ether oxygens (including phenoxy) is 2. The van der Waals surface area contributed by atoms with Gasteiger partial charge >= 0.3 is 17.9 Å². The van der Waals surface area contributed by atoms with Gasteiger partial charge in [-0.05, 0) is 26.8 Å². The quantitative estimate of drug-likeness (QED) is 0.286. The van der Waals surface area contributed by atoms with Crippen LogP contribution >= 0.6 is 0 Å². The molecule has 1 fully saturated rings. The number of nitrogens with one attached hydrogen (secondary N) is 1. The van der Waals surface area contributed by atoms with Gasteiger partial charge in [0.15, 0.2) is 0 Å². The number of carboxylic acids is 1. The van der Waals surface area contributed by atoms with Crippen LogP contribution in [0.4, 0.5) is 0 Å². The second kappa shape index (κ2) is 11.1. The summed E-state index contributed by atoms with van der Waals surface area (Å²) in [7, 11) is 0. The van der Waals surface area contributed by atoms with E-state index >= 15 is 0 Å². The van der Waals surface area contributed by atoms with Crippen LogP contribution in [-0.2, 0) is 23.9 Å². The van der Waals surface area contributed by atoms with E-state index < -0.39 is 35.5 Å². The van der Waals surface area contributed by atoms with Gasteiger partial charge in [0, 0.05) is 5.57 Å². The lowest BCUT2D eigenvalue weighted by atomic mass is 9.94. The summed E-state index contributed by atoms with van der Waals surface area (Å²) in [5.74, 6) is -2.65. The number of carbonyl (C=O) groups is 3. The summed E-state index contributed by atoms with van der Waals surface area (Å²) in [5.41, 5.74) is -0.906. The molecule has 0 aromatic carbocycles. The van der Waals surface area contributed by atoms with Crippen molar-refractivity contribution in [3.05, 3.63) is 12.2 Å². The van der Waals surface area contributed by atoms with Crippen molar-refractivity contribution in [2.45, 2.75) is 77.4 Å². The Morgan fingerprint density at radius 1 is 1.30 bits per heavy atom. The van der Waals surface area contributed by atoms with Crippen LogP contribution in [-0.4, -0.2) is 47.8 Å². The number of cyclic esters (lactones) is 1. The Kier molecular flexibility index (Phi) is 9.49. The van der Waals surface area contributed by atoms with Gasteiger partial charge in [0.1, 0.15) is 18.2 Å². The highest BCUT2D eigenvalue weighted by Gasteiger charge is 2.41. The van der Waals surface area contributed by atoms with Gasteiger partial charge in [-0.25, -0.2) is 4.79 Å². The minimum absolute atomic E-state index is 0.0697. The molecular weight excluding hydrogens is 350 g/mol. The maximum Gasteiger partial charge on any atom is 0.333 e. The Balaban J connectivity index is 2.65. The van der Waals surface area contributed by atoms with Crippen LogP contribution in [0.5, 0.6) is 0 Å². The maximum absolute atomic E-state index is 12.7. The van der Waals surface area contributed by atoms with Crippen LogP contribution in [0.2, 0.25) is 0 Å². The van der Waals surface area contributed by atoms with Gasteiger partial charge in [-0.2, -0.15) is 0 Å². The standard InChI is InChI=1S/C20H33NO6/c1-5-6-7-8-9-10-11-21-17(15-13-26-18(24)14(15)2)19(25)27-20(3,4)12-16(22)23/h15,17,21H,2,5-13H2,1,3-4H3,(H,22,23). The molecule has 7 heteroatoms. The van der Waals surface area contributed by atoms with E-state index in [0.717, 1.165) is 19.3 Å². The molecule has 154 valence electrons. The number of esters is 2. The number of aliphatic carboxylic acids is 1. The molecule has 2 N–H and O–H groups in total. The molecule has 1 aliphatic heterocycles. The number of carbonyl (C=O) groups excluding carboxylic acids is 2. The van der Waals surface area contributed by atoms with Gasteiger partial charge in [0.05, 0.1) is 12.3 Å².